The lowest BCUT2D eigenvalue weighted by molar-refractivity contribution is 0.409. The van der Waals surface area contributed by atoms with Gasteiger partial charge in [0.25, 0.3) is 0 Å². The average molecular weight is 261 g/mol. The summed E-state index contributed by atoms with van der Waals surface area (Å²) in [4.78, 5) is 0. The highest BCUT2D eigenvalue weighted by atomic mass is 16.5. The molecule has 1 aromatic carbocycles. The zero-order valence-electron chi connectivity index (χ0n) is 13.0. The summed E-state index contributed by atoms with van der Waals surface area (Å²) in [5.74, 6) is 1.01. The Morgan fingerprint density at radius 2 is 2.05 bits per heavy atom. The fraction of sp³-hybridized carbons (Fsp3) is 0.647. The van der Waals surface area contributed by atoms with Crippen LogP contribution in [0.3, 0.4) is 0 Å². The molecule has 106 valence electrons. The molecule has 0 amide bonds. The molecule has 2 unspecified atom stereocenters. The molecule has 2 rings (SSSR count). The summed E-state index contributed by atoms with van der Waals surface area (Å²) in [5, 5.41) is 3.60. The molecule has 0 spiro atoms. The zero-order chi connectivity index (χ0) is 14.0. The minimum Gasteiger partial charge on any atom is -0.496 e. The molecule has 2 nitrogen and oxygen atoms in total. The molecule has 19 heavy (non-hydrogen) atoms. The highest BCUT2D eigenvalue weighted by molar-refractivity contribution is 5.45. The third-order valence-electron chi connectivity index (χ3n) is 4.63. The lowest BCUT2D eigenvalue weighted by Crippen LogP contribution is -2.29. The van der Waals surface area contributed by atoms with Crippen LogP contribution >= 0.6 is 0 Å². The van der Waals surface area contributed by atoms with Gasteiger partial charge < -0.3 is 10.1 Å². The zero-order valence-corrected chi connectivity index (χ0v) is 13.0. The number of hydrogen-bond donors (Lipinski definition) is 1. The van der Waals surface area contributed by atoms with E-state index in [0.29, 0.717) is 11.5 Å². The second kappa shape index (κ2) is 5.54. The van der Waals surface area contributed by atoms with Crippen LogP contribution in [-0.4, -0.2) is 19.7 Å². The van der Waals surface area contributed by atoms with E-state index in [1.807, 2.05) is 0 Å². The summed E-state index contributed by atoms with van der Waals surface area (Å²) in [6.07, 6.45) is 3.81. The molecule has 0 aliphatic heterocycles. The van der Waals surface area contributed by atoms with Crippen molar-refractivity contribution in [2.45, 2.75) is 58.4 Å². The van der Waals surface area contributed by atoms with E-state index in [2.05, 4.69) is 45.1 Å². The van der Waals surface area contributed by atoms with Crippen LogP contribution in [0, 0.1) is 13.8 Å². The number of methoxy groups -OCH3 is 1. The van der Waals surface area contributed by atoms with E-state index in [1.54, 1.807) is 7.11 Å². The molecule has 0 radical (unpaired) electrons. The molecule has 2 heteroatoms. The normalized spacial score (nSPS) is 26.7. The van der Waals surface area contributed by atoms with E-state index >= 15 is 0 Å². The van der Waals surface area contributed by atoms with E-state index < -0.39 is 0 Å². The molecule has 1 fully saturated rings. The van der Waals surface area contributed by atoms with Gasteiger partial charge in [-0.05, 0) is 67.8 Å². The highest BCUT2D eigenvalue weighted by Crippen LogP contribution is 2.43. The van der Waals surface area contributed by atoms with Gasteiger partial charge in [0.2, 0.25) is 0 Å². The SMILES string of the molecule is CCNC1CCC(C)(c2cc(C)c(OC)cc2C)C1. The molecule has 0 aromatic heterocycles. The molecule has 0 saturated heterocycles. The molecule has 1 aliphatic rings. The molecule has 1 saturated carbocycles. The molecule has 0 heterocycles. The minimum absolute atomic E-state index is 0.313. The van der Waals surface area contributed by atoms with Crippen molar-refractivity contribution in [1.82, 2.24) is 5.32 Å². The largest absolute Gasteiger partial charge is 0.496 e. The first-order valence-electron chi connectivity index (χ1n) is 7.39. The summed E-state index contributed by atoms with van der Waals surface area (Å²) < 4.78 is 5.42. The number of rotatable bonds is 4. The maximum atomic E-state index is 5.42. The third-order valence-corrected chi connectivity index (χ3v) is 4.63. The summed E-state index contributed by atoms with van der Waals surface area (Å²) in [6.45, 7) is 10.0. The predicted octanol–water partition coefficient (Wildman–Crippen LogP) is 3.73. The van der Waals surface area contributed by atoms with Crippen molar-refractivity contribution in [1.29, 1.82) is 0 Å². The molecule has 0 bridgehead atoms. The van der Waals surface area contributed by atoms with E-state index in [0.717, 1.165) is 12.3 Å². The molecule has 1 aliphatic carbocycles. The Morgan fingerprint density at radius 1 is 1.32 bits per heavy atom. The average Bonchev–Trinajstić information content (AvgIpc) is 2.75. The highest BCUT2D eigenvalue weighted by Gasteiger charge is 2.37. The fourth-order valence-electron chi connectivity index (χ4n) is 3.61. The monoisotopic (exact) mass is 261 g/mol. The first-order chi connectivity index (χ1) is 9.00. The summed E-state index contributed by atoms with van der Waals surface area (Å²) in [7, 11) is 1.75. The number of nitrogens with one attached hydrogen (secondary N) is 1. The Labute approximate surface area is 117 Å². The van der Waals surface area contributed by atoms with Gasteiger partial charge in [-0.15, -0.1) is 0 Å². The first kappa shape index (κ1) is 14.4. The molecule has 1 aromatic rings. The summed E-state index contributed by atoms with van der Waals surface area (Å²) in [6, 6.07) is 5.20. The summed E-state index contributed by atoms with van der Waals surface area (Å²) >= 11 is 0. The van der Waals surface area contributed by atoms with E-state index in [-0.39, 0.29) is 0 Å². The van der Waals surface area contributed by atoms with Crippen molar-refractivity contribution in [3.05, 3.63) is 28.8 Å². The molecular weight excluding hydrogens is 234 g/mol. The first-order valence-corrected chi connectivity index (χ1v) is 7.39. The minimum atomic E-state index is 0.313. The number of benzene rings is 1. The number of hydrogen-bond acceptors (Lipinski definition) is 2. The van der Waals surface area contributed by atoms with Crippen molar-refractivity contribution in [2.24, 2.45) is 0 Å². The second-order valence-electron chi connectivity index (χ2n) is 6.19. The van der Waals surface area contributed by atoms with Gasteiger partial charge in [0.1, 0.15) is 5.75 Å². The predicted molar refractivity (Wildman–Crippen MR) is 81.1 cm³/mol. The topological polar surface area (TPSA) is 21.3 Å². The summed E-state index contributed by atoms with van der Waals surface area (Å²) in [5.41, 5.74) is 4.43. The molecule has 1 N–H and O–H groups in total. The Kier molecular flexibility index (Phi) is 4.19. The standard InChI is InChI=1S/C17H27NO/c1-6-18-14-7-8-17(4,11-14)15-9-13(3)16(19-5)10-12(15)2/h9-10,14,18H,6-8,11H2,1-5H3. The lowest BCUT2D eigenvalue weighted by atomic mass is 9.78. The van der Waals surface area contributed by atoms with Crippen LogP contribution in [0.15, 0.2) is 12.1 Å². The van der Waals surface area contributed by atoms with Gasteiger partial charge >= 0.3 is 0 Å². The van der Waals surface area contributed by atoms with Crippen LogP contribution in [0.25, 0.3) is 0 Å². The van der Waals surface area contributed by atoms with Crippen molar-refractivity contribution in [3.63, 3.8) is 0 Å². The van der Waals surface area contributed by atoms with Crippen molar-refractivity contribution >= 4 is 0 Å². The van der Waals surface area contributed by atoms with Gasteiger partial charge in [0, 0.05) is 6.04 Å². The smallest absolute Gasteiger partial charge is 0.122 e. The van der Waals surface area contributed by atoms with Gasteiger partial charge in [-0.2, -0.15) is 0 Å². The lowest BCUT2D eigenvalue weighted by Gasteiger charge is -2.28. The van der Waals surface area contributed by atoms with Crippen LogP contribution in [0.4, 0.5) is 0 Å². The van der Waals surface area contributed by atoms with E-state index in [1.165, 1.54) is 36.0 Å². The van der Waals surface area contributed by atoms with E-state index in [9.17, 15) is 0 Å². The van der Waals surface area contributed by atoms with Crippen LogP contribution in [-0.2, 0) is 5.41 Å². The Morgan fingerprint density at radius 3 is 2.68 bits per heavy atom. The van der Waals surface area contributed by atoms with Gasteiger partial charge in [0.05, 0.1) is 7.11 Å². The van der Waals surface area contributed by atoms with Gasteiger partial charge in [-0.3, -0.25) is 0 Å². The van der Waals surface area contributed by atoms with E-state index in [4.69, 9.17) is 4.74 Å². The fourth-order valence-corrected chi connectivity index (χ4v) is 3.61. The van der Waals surface area contributed by atoms with Crippen LogP contribution in [0.2, 0.25) is 0 Å². The Balaban J connectivity index is 2.29. The second-order valence-corrected chi connectivity index (χ2v) is 6.19. The van der Waals surface area contributed by atoms with Gasteiger partial charge in [-0.25, -0.2) is 0 Å². The van der Waals surface area contributed by atoms with Crippen molar-refractivity contribution in [3.8, 4) is 5.75 Å². The van der Waals surface area contributed by atoms with Gasteiger partial charge in [0.15, 0.2) is 0 Å². The Hall–Kier alpha value is -1.02. The van der Waals surface area contributed by atoms with Crippen LogP contribution < -0.4 is 10.1 Å². The maximum Gasteiger partial charge on any atom is 0.122 e. The van der Waals surface area contributed by atoms with Crippen molar-refractivity contribution in [2.75, 3.05) is 13.7 Å². The third kappa shape index (κ3) is 2.79. The van der Waals surface area contributed by atoms with Crippen LogP contribution in [0.5, 0.6) is 5.75 Å². The number of aryl methyl sites for hydroxylation is 2. The quantitative estimate of drug-likeness (QED) is 0.891. The maximum absolute atomic E-state index is 5.42. The molecular formula is C17H27NO. The molecule has 2 atom stereocenters. The van der Waals surface area contributed by atoms with Gasteiger partial charge in [-0.1, -0.05) is 19.9 Å². The van der Waals surface area contributed by atoms with Crippen molar-refractivity contribution < 1.29 is 4.74 Å². The number of ether oxygens (including phenoxy) is 1. The van der Waals surface area contributed by atoms with Crippen LogP contribution in [0.1, 0.15) is 49.8 Å². The Bertz CT molecular complexity index is 455.